The molecule has 0 saturated heterocycles. The van der Waals surface area contributed by atoms with Crippen molar-refractivity contribution in [3.05, 3.63) is 36.1 Å². The molecule has 0 aliphatic heterocycles. The van der Waals surface area contributed by atoms with Gasteiger partial charge in [0.05, 0.1) is 28.4 Å². The van der Waals surface area contributed by atoms with Gasteiger partial charge < -0.3 is 18.9 Å². The third-order valence-corrected chi connectivity index (χ3v) is 3.10. The molecule has 2 aromatic carbocycles. The van der Waals surface area contributed by atoms with E-state index in [1.807, 2.05) is 0 Å². The van der Waals surface area contributed by atoms with Crippen molar-refractivity contribution >= 4 is 11.4 Å². The van der Waals surface area contributed by atoms with E-state index in [-0.39, 0.29) is 5.69 Å². The number of hydrogen-bond donors (Lipinski definition) is 0. The zero-order valence-corrected chi connectivity index (χ0v) is 13.3. The topological polar surface area (TPSA) is 61.6 Å². The van der Waals surface area contributed by atoms with Gasteiger partial charge in [0, 0.05) is 6.07 Å². The van der Waals surface area contributed by atoms with Crippen LogP contribution in [0.3, 0.4) is 0 Å². The van der Waals surface area contributed by atoms with Gasteiger partial charge in [-0.15, -0.1) is 10.2 Å². The predicted octanol–water partition coefficient (Wildman–Crippen LogP) is 4.28. The lowest BCUT2D eigenvalue weighted by atomic mass is 10.2. The van der Waals surface area contributed by atoms with Gasteiger partial charge in [-0.2, -0.15) is 0 Å². The first-order valence-electron chi connectivity index (χ1n) is 6.68. The van der Waals surface area contributed by atoms with Crippen LogP contribution in [-0.2, 0) is 0 Å². The predicted molar refractivity (Wildman–Crippen MR) is 83.2 cm³/mol. The highest BCUT2D eigenvalue weighted by Gasteiger charge is 2.15. The first kappa shape index (κ1) is 16.5. The SMILES string of the molecule is COc1ccc(N=Nc2ccc(OC)c(OC)c2OC)c(F)c1. The van der Waals surface area contributed by atoms with Crippen molar-refractivity contribution in [1.82, 2.24) is 0 Å². The Morgan fingerprint density at radius 3 is 1.96 bits per heavy atom. The van der Waals surface area contributed by atoms with Crippen LogP contribution in [-0.4, -0.2) is 28.4 Å². The molecular weight excluding hydrogens is 303 g/mol. The molecule has 0 atom stereocenters. The highest BCUT2D eigenvalue weighted by Crippen LogP contribution is 2.44. The highest BCUT2D eigenvalue weighted by molar-refractivity contribution is 5.65. The number of azo groups is 1. The number of halogens is 1. The van der Waals surface area contributed by atoms with Crippen LogP contribution in [0.5, 0.6) is 23.0 Å². The number of methoxy groups -OCH3 is 4. The smallest absolute Gasteiger partial charge is 0.205 e. The van der Waals surface area contributed by atoms with Crippen LogP contribution >= 0.6 is 0 Å². The molecule has 0 bridgehead atoms. The van der Waals surface area contributed by atoms with Crippen LogP contribution < -0.4 is 18.9 Å². The van der Waals surface area contributed by atoms with Crippen molar-refractivity contribution in [3.8, 4) is 23.0 Å². The molecule has 0 saturated carbocycles. The Balaban J connectivity index is 2.39. The van der Waals surface area contributed by atoms with E-state index < -0.39 is 5.82 Å². The van der Waals surface area contributed by atoms with Crippen LogP contribution in [0.15, 0.2) is 40.6 Å². The fraction of sp³-hybridized carbons (Fsp3) is 0.250. The molecule has 0 amide bonds. The molecule has 0 fully saturated rings. The Bertz CT molecular complexity index is 719. The van der Waals surface area contributed by atoms with Crippen molar-refractivity contribution < 1.29 is 23.3 Å². The maximum absolute atomic E-state index is 13.9. The largest absolute Gasteiger partial charge is 0.497 e. The zero-order valence-electron chi connectivity index (χ0n) is 13.3. The summed E-state index contributed by atoms with van der Waals surface area (Å²) >= 11 is 0. The third kappa shape index (κ3) is 3.50. The van der Waals surface area contributed by atoms with E-state index in [4.69, 9.17) is 18.9 Å². The summed E-state index contributed by atoms with van der Waals surface area (Å²) in [5.41, 5.74) is 0.475. The summed E-state index contributed by atoms with van der Waals surface area (Å²) < 4.78 is 34.6. The second-order valence-corrected chi connectivity index (χ2v) is 4.37. The van der Waals surface area contributed by atoms with E-state index >= 15 is 0 Å². The molecule has 0 aliphatic rings. The minimum Gasteiger partial charge on any atom is -0.497 e. The summed E-state index contributed by atoms with van der Waals surface area (Å²) in [5, 5.41) is 7.94. The lowest BCUT2D eigenvalue weighted by Crippen LogP contribution is -1.94. The molecule has 0 heterocycles. The van der Waals surface area contributed by atoms with Gasteiger partial charge in [0.25, 0.3) is 0 Å². The average Bonchev–Trinajstić information content (AvgIpc) is 2.59. The Hall–Kier alpha value is -2.83. The summed E-state index contributed by atoms with van der Waals surface area (Å²) in [6.45, 7) is 0. The monoisotopic (exact) mass is 320 g/mol. The van der Waals surface area contributed by atoms with E-state index in [2.05, 4.69) is 10.2 Å². The molecule has 7 heteroatoms. The minimum absolute atomic E-state index is 0.0858. The van der Waals surface area contributed by atoms with Gasteiger partial charge in [0.2, 0.25) is 5.75 Å². The van der Waals surface area contributed by atoms with Crippen LogP contribution in [0.25, 0.3) is 0 Å². The van der Waals surface area contributed by atoms with Crippen LogP contribution in [0.4, 0.5) is 15.8 Å². The number of rotatable bonds is 6. The van der Waals surface area contributed by atoms with Crippen molar-refractivity contribution in [2.45, 2.75) is 0 Å². The minimum atomic E-state index is -0.535. The van der Waals surface area contributed by atoms with Crippen LogP contribution in [0.1, 0.15) is 0 Å². The summed E-state index contributed by atoms with van der Waals surface area (Å²) in [6, 6.07) is 7.62. The molecule has 0 unspecified atom stereocenters. The lowest BCUT2D eigenvalue weighted by Gasteiger charge is -2.13. The van der Waals surface area contributed by atoms with Gasteiger partial charge in [-0.3, -0.25) is 0 Å². The Morgan fingerprint density at radius 2 is 1.39 bits per heavy atom. The molecular formula is C16H17FN2O4. The number of hydrogen-bond acceptors (Lipinski definition) is 6. The molecule has 23 heavy (non-hydrogen) atoms. The first-order chi connectivity index (χ1) is 11.1. The maximum atomic E-state index is 13.9. The standard InChI is InChI=1S/C16H17FN2O4/c1-20-10-5-6-12(11(17)9-10)18-19-13-7-8-14(21-2)16(23-4)15(13)22-3/h5-9H,1-4H3. The molecule has 2 aromatic rings. The molecule has 0 spiro atoms. The van der Waals surface area contributed by atoms with Crippen molar-refractivity contribution in [3.63, 3.8) is 0 Å². The number of ether oxygens (including phenoxy) is 4. The maximum Gasteiger partial charge on any atom is 0.205 e. The lowest BCUT2D eigenvalue weighted by molar-refractivity contribution is 0.325. The molecule has 2 rings (SSSR count). The molecule has 0 aliphatic carbocycles. The van der Waals surface area contributed by atoms with Gasteiger partial charge >= 0.3 is 0 Å². The summed E-state index contributed by atoms with van der Waals surface area (Å²) in [5.74, 6) is 1.11. The Morgan fingerprint density at radius 1 is 0.739 bits per heavy atom. The van der Waals surface area contributed by atoms with Crippen molar-refractivity contribution in [2.75, 3.05) is 28.4 Å². The van der Waals surface area contributed by atoms with Gasteiger partial charge in [-0.1, -0.05) is 0 Å². The molecule has 0 aromatic heterocycles. The average molecular weight is 320 g/mol. The van der Waals surface area contributed by atoms with Gasteiger partial charge in [0.15, 0.2) is 17.3 Å². The molecule has 0 radical (unpaired) electrons. The number of nitrogens with zero attached hydrogens (tertiary/aromatic N) is 2. The Kier molecular flexibility index (Phi) is 5.35. The fourth-order valence-corrected chi connectivity index (χ4v) is 1.97. The first-order valence-corrected chi connectivity index (χ1v) is 6.68. The van der Waals surface area contributed by atoms with Crippen LogP contribution in [0, 0.1) is 5.82 Å². The van der Waals surface area contributed by atoms with Crippen LogP contribution in [0.2, 0.25) is 0 Å². The molecule has 6 nitrogen and oxygen atoms in total. The Labute approximate surface area is 133 Å². The third-order valence-electron chi connectivity index (χ3n) is 3.10. The van der Waals surface area contributed by atoms with E-state index in [0.717, 1.165) is 0 Å². The van der Waals surface area contributed by atoms with Gasteiger partial charge in [-0.25, -0.2) is 4.39 Å². The van der Waals surface area contributed by atoms with Gasteiger partial charge in [0.1, 0.15) is 17.1 Å². The summed E-state index contributed by atoms with van der Waals surface area (Å²) in [7, 11) is 5.95. The molecule has 0 N–H and O–H groups in total. The van der Waals surface area contributed by atoms with Crippen molar-refractivity contribution in [2.24, 2.45) is 10.2 Å². The van der Waals surface area contributed by atoms with E-state index in [1.54, 1.807) is 18.2 Å². The second kappa shape index (κ2) is 7.44. The quantitative estimate of drug-likeness (QED) is 0.745. The van der Waals surface area contributed by atoms with Gasteiger partial charge in [-0.05, 0) is 24.3 Å². The summed E-state index contributed by atoms with van der Waals surface area (Å²) in [4.78, 5) is 0. The fourth-order valence-electron chi connectivity index (χ4n) is 1.97. The number of benzene rings is 2. The normalized spacial score (nSPS) is 10.7. The van der Waals surface area contributed by atoms with E-state index in [9.17, 15) is 4.39 Å². The summed E-state index contributed by atoms with van der Waals surface area (Å²) in [6.07, 6.45) is 0. The van der Waals surface area contributed by atoms with Crippen molar-refractivity contribution in [1.29, 1.82) is 0 Å². The highest BCUT2D eigenvalue weighted by atomic mass is 19.1. The molecule has 122 valence electrons. The van der Waals surface area contributed by atoms with E-state index in [0.29, 0.717) is 28.7 Å². The zero-order chi connectivity index (χ0) is 16.8. The van der Waals surface area contributed by atoms with E-state index in [1.165, 1.54) is 40.6 Å². The second-order valence-electron chi connectivity index (χ2n) is 4.37.